The molecule has 8 heteroatoms. The number of aromatic carboxylic acids is 1. The summed E-state index contributed by atoms with van der Waals surface area (Å²) in [5, 5.41) is 12.2. The van der Waals surface area contributed by atoms with Crippen LogP contribution in [0.5, 0.6) is 0 Å². The van der Waals surface area contributed by atoms with Crippen LogP contribution in [0.25, 0.3) is 0 Å². The molecule has 7 nitrogen and oxygen atoms in total. The molecule has 0 bridgehead atoms. The Morgan fingerprint density at radius 1 is 1.36 bits per heavy atom. The van der Waals surface area contributed by atoms with Crippen LogP contribution in [0.1, 0.15) is 55.6 Å². The second-order valence-corrected chi connectivity index (χ2v) is 6.86. The van der Waals surface area contributed by atoms with Gasteiger partial charge in [0, 0.05) is 19.1 Å². The van der Waals surface area contributed by atoms with Crippen molar-refractivity contribution in [3.8, 4) is 0 Å². The van der Waals surface area contributed by atoms with Crippen molar-refractivity contribution in [1.29, 1.82) is 0 Å². The van der Waals surface area contributed by atoms with E-state index in [0.717, 1.165) is 24.4 Å². The maximum Gasteiger partial charge on any atom is 0.412 e. The highest BCUT2D eigenvalue weighted by molar-refractivity contribution is 7.11. The molecule has 1 aromatic heterocycles. The Hall–Kier alpha value is -1.67. The first-order valence-corrected chi connectivity index (χ1v) is 7.86. The van der Waals surface area contributed by atoms with Crippen molar-refractivity contribution in [2.45, 2.75) is 45.1 Å². The van der Waals surface area contributed by atoms with Gasteiger partial charge in [-0.3, -0.25) is 5.32 Å². The molecule has 22 heavy (non-hydrogen) atoms. The zero-order valence-corrected chi connectivity index (χ0v) is 13.7. The molecule has 1 fully saturated rings. The number of ether oxygens (including phenoxy) is 2. The minimum atomic E-state index is -1.10. The molecule has 1 aromatic rings. The third-order valence-electron chi connectivity index (χ3n) is 3.15. The van der Waals surface area contributed by atoms with E-state index in [2.05, 4.69) is 9.69 Å². The number of carbonyl (C=O) groups excluding carboxylic acids is 1. The summed E-state index contributed by atoms with van der Waals surface area (Å²) in [5.41, 5.74) is -0.0727. The number of aromatic nitrogens is 1. The molecule has 0 saturated carbocycles. The SMILES string of the molecule is CC(C)(C)OC(=O)Nc1snc(C2CCOCC2)c1C(=O)O. The lowest BCUT2D eigenvalue weighted by molar-refractivity contribution is 0.0636. The number of hydrogen-bond donors (Lipinski definition) is 2. The molecule has 0 aromatic carbocycles. The lowest BCUT2D eigenvalue weighted by Crippen LogP contribution is -2.27. The number of amides is 1. The number of carboxylic acid groups (broad SMARTS) is 1. The second-order valence-electron chi connectivity index (χ2n) is 6.09. The van der Waals surface area contributed by atoms with Crippen molar-refractivity contribution in [3.63, 3.8) is 0 Å². The summed E-state index contributed by atoms with van der Waals surface area (Å²) in [5.74, 6) is -1.05. The molecule has 1 saturated heterocycles. The zero-order valence-electron chi connectivity index (χ0n) is 12.8. The maximum absolute atomic E-state index is 11.8. The number of nitrogens with zero attached hydrogens (tertiary/aromatic N) is 1. The molecule has 2 rings (SSSR count). The summed E-state index contributed by atoms with van der Waals surface area (Å²) in [6, 6.07) is 0. The van der Waals surface area contributed by atoms with Crippen molar-refractivity contribution >= 4 is 28.6 Å². The fourth-order valence-electron chi connectivity index (χ4n) is 2.24. The van der Waals surface area contributed by atoms with Crippen LogP contribution in [0.3, 0.4) is 0 Å². The Morgan fingerprint density at radius 2 is 2.00 bits per heavy atom. The van der Waals surface area contributed by atoms with Crippen LogP contribution in [-0.2, 0) is 9.47 Å². The summed E-state index contributed by atoms with van der Waals surface area (Å²) < 4.78 is 14.7. The number of hydrogen-bond acceptors (Lipinski definition) is 6. The lowest BCUT2D eigenvalue weighted by atomic mass is 9.94. The average molecular weight is 328 g/mol. The standard InChI is InChI=1S/C14H20N2O5S/c1-14(2,3)21-13(19)15-11-9(12(17)18)10(16-22-11)8-4-6-20-7-5-8/h8H,4-7H2,1-3H3,(H,15,19)(H,17,18). The summed E-state index contributed by atoms with van der Waals surface area (Å²) >= 11 is 0.969. The summed E-state index contributed by atoms with van der Waals surface area (Å²) in [7, 11) is 0. The van der Waals surface area contributed by atoms with E-state index in [0.29, 0.717) is 18.9 Å². The zero-order chi connectivity index (χ0) is 16.3. The van der Waals surface area contributed by atoms with Crippen LogP contribution in [0.4, 0.5) is 9.80 Å². The molecule has 0 atom stereocenters. The summed E-state index contributed by atoms with van der Waals surface area (Å²) in [6.07, 6.45) is 0.781. The van der Waals surface area contributed by atoms with Gasteiger partial charge in [-0.25, -0.2) is 9.59 Å². The van der Waals surface area contributed by atoms with E-state index in [9.17, 15) is 14.7 Å². The molecular weight excluding hydrogens is 308 g/mol. The molecule has 2 N–H and O–H groups in total. The van der Waals surface area contributed by atoms with E-state index in [-0.39, 0.29) is 16.5 Å². The Bertz CT molecular complexity index is 558. The third kappa shape index (κ3) is 4.17. The smallest absolute Gasteiger partial charge is 0.412 e. The van der Waals surface area contributed by atoms with Gasteiger partial charge in [-0.1, -0.05) is 0 Å². The van der Waals surface area contributed by atoms with E-state index < -0.39 is 17.7 Å². The number of nitrogens with one attached hydrogen (secondary N) is 1. The lowest BCUT2D eigenvalue weighted by Gasteiger charge is -2.21. The molecular formula is C14H20N2O5S. The Kier molecular flexibility index (Phi) is 5.02. The monoisotopic (exact) mass is 328 g/mol. The molecule has 2 heterocycles. The number of carboxylic acids is 1. The van der Waals surface area contributed by atoms with Gasteiger partial charge in [-0.05, 0) is 45.1 Å². The van der Waals surface area contributed by atoms with Crippen LogP contribution < -0.4 is 5.32 Å². The quantitative estimate of drug-likeness (QED) is 0.885. The van der Waals surface area contributed by atoms with E-state index >= 15 is 0 Å². The van der Waals surface area contributed by atoms with Gasteiger partial charge in [0.1, 0.15) is 16.2 Å². The molecule has 1 aliphatic heterocycles. The van der Waals surface area contributed by atoms with E-state index in [4.69, 9.17) is 9.47 Å². The number of rotatable bonds is 3. The minimum Gasteiger partial charge on any atom is -0.478 e. The van der Waals surface area contributed by atoms with Gasteiger partial charge < -0.3 is 14.6 Å². The first kappa shape index (κ1) is 16.7. The molecule has 0 aliphatic carbocycles. The van der Waals surface area contributed by atoms with Crippen molar-refractivity contribution in [2.75, 3.05) is 18.5 Å². The second kappa shape index (κ2) is 6.62. The van der Waals surface area contributed by atoms with Crippen molar-refractivity contribution in [1.82, 2.24) is 4.37 Å². The molecule has 122 valence electrons. The Labute approximate surface area is 132 Å². The van der Waals surface area contributed by atoms with Crippen molar-refractivity contribution < 1.29 is 24.2 Å². The van der Waals surface area contributed by atoms with Crippen LogP contribution in [0, 0.1) is 0 Å². The van der Waals surface area contributed by atoms with Gasteiger partial charge in [-0.2, -0.15) is 4.37 Å². The highest BCUT2D eigenvalue weighted by Crippen LogP contribution is 2.35. The summed E-state index contributed by atoms with van der Waals surface area (Å²) in [6.45, 7) is 6.41. The average Bonchev–Trinajstić information content (AvgIpc) is 2.81. The molecule has 0 radical (unpaired) electrons. The van der Waals surface area contributed by atoms with Gasteiger partial charge in [0.05, 0.1) is 5.69 Å². The van der Waals surface area contributed by atoms with Crippen LogP contribution in [0.15, 0.2) is 0 Å². The predicted octanol–water partition coefficient (Wildman–Crippen LogP) is 3.08. The van der Waals surface area contributed by atoms with Crippen LogP contribution >= 0.6 is 11.5 Å². The number of carbonyl (C=O) groups is 2. The molecule has 0 spiro atoms. The topological polar surface area (TPSA) is 97.8 Å². The largest absolute Gasteiger partial charge is 0.478 e. The highest BCUT2D eigenvalue weighted by Gasteiger charge is 2.29. The Morgan fingerprint density at radius 3 is 2.55 bits per heavy atom. The highest BCUT2D eigenvalue weighted by atomic mass is 32.1. The van der Waals surface area contributed by atoms with Gasteiger partial charge in [-0.15, -0.1) is 0 Å². The van der Waals surface area contributed by atoms with Gasteiger partial charge in [0.15, 0.2) is 0 Å². The predicted molar refractivity (Wildman–Crippen MR) is 81.7 cm³/mol. The molecule has 1 aliphatic rings. The first-order valence-electron chi connectivity index (χ1n) is 7.08. The normalized spacial score (nSPS) is 16.3. The fourth-order valence-corrected chi connectivity index (χ4v) is 3.08. The van der Waals surface area contributed by atoms with Gasteiger partial charge >= 0.3 is 12.1 Å². The van der Waals surface area contributed by atoms with E-state index in [1.807, 2.05) is 0 Å². The number of anilines is 1. The summed E-state index contributed by atoms with van der Waals surface area (Å²) in [4.78, 5) is 23.4. The Balaban J connectivity index is 2.19. The molecule has 1 amide bonds. The van der Waals surface area contributed by atoms with Crippen molar-refractivity contribution in [3.05, 3.63) is 11.3 Å². The minimum absolute atomic E-state index is 0.0466. The first-order chi connectivity index (χ1) is 10.3. The van der Waals surface area contributed by atoms with Crippen LogP contribution in [0.2, 0.25) is 0 Å². The third-order valence-corrected chi connectivity index (χ3v) is 3.93. The van der Waals surface area contributed by atoms with E-state index in [1.54, 1.807) is 20.8 Å². The fraction of sp³-hybridized carbons (Fsp3) is 0.643. The van der Waals surface area contributed by atoms with Crippen molar-refractivity contribution in [2.24, 2.45) is 0 Å². The van der Waals surface area contributed by atoms with Gasteiger partial charge in [0.2, 0.25) is 0 Å². The molecule has 0 unspecified atom stereocenters. The van der Waals surface area contributed by atoms with E-state index in [1.165, 1.54) is 0 Å². The van der Waals surface area contributed by atoms with Crippen LogP contribution in [-0.4, -0.2) is 40.4 Å². The van der Waals surface area contributed by atoms with Gasteiger partial charge in [0.25, 0.3) is 0 Å². The maximum atomic E-state index is 11.8.